The normalized spacial score (nSPS) is 17.5. The van der Waals surface area contributed by atoms with Crippen molar-refractivity contribution in [3.05, 3.63) is 94.1 Å². The van der Waals surface area contributed by atoms with Gasteiger partial charge in [0.1, 0.15) is 0 Å². The molecule has 0 bridgehead atoms. The van der Waals surface area contributed by atoms with Crippen LogP contribution in [0.4, 0.5) is 5.69 Å². The van der Waals surface area contributed by atoms with Crippen molar-refractivity contribution in [2.24, 2.45) is 0 Å². The summed E-state index contributed by atoms with van der Waals surface area (Å²) in [5, 5.41) is 11.3. The largest absolute Gasteiger partial charge is 0.350 e. The lowest BCUT2D eigenvalue weighted by Gasteiger charge is -2.30. The quantitative estimate of drug-likeness (QED) is 0.531. The molecular weight excluding hydrogens is 328 g/mol. The highest BCUT2D eigenvalue weighted by Gasteiger charge is 2.28. The Hall–Kier alpha value is -2.99. The van der Waals surface area contributed by atoms with Gasteiger partial charge in [-0.25, -0.2) is 0 Å². The number of aromatic nitrogens is 2. The lowest BCUT2D eigenvalue weighted by molar-refractivity contribution is -0.384. The molecule has 3 heterocycles. The lowest BCUT2D eigenvalue weighted by Crippen LogP contribution is -2.29. The summed E-state index contributed by atoms with van der Waals surface area (Å²) in [6.07, 6.45) is 6.78. The van der Waals surface area contributed by atoms with E-state index in [0.717, 1.165) is 37.2 Å². The Kier molecular flexibility index (Phi) is 4.50. The Labute approximate surface area is 151 Å². The fraction of sp³-hybridized carbons (Fsp3) is 0.250. The molecule has 2 aromatic heterocycles. The second-order valence-electron chi connectivity index (χ2n) is 6.57. The molecule has 1 unspecified atom stereocenters. The maximum Gasteiger partial charge on any atom is 0.269 e. The van der Waals surface area contributed by atoms with Crippen LogP contribution in [0.15, 0.2) is 67.1 Å². The maximum atomic E-state index is 11.3. The Morgan fingerprint density at radius 1 is 1.15 bits per heavy atom. The molecule has 0 saturated carbocycles. The molecule has 4 rings (SSSR count). The van der Waals surface area contributed by atoms with Gasteiger partial charge in [-0.2, -0.15) is 0 Å². The Morgan fingerprint density at radius 2 is 2.08 bits per heavy atom. The van der Waals surface area contributed by atoms with Crippen LogP contribution in [0.1, 0.15) is 29.3 Å². The average Bonchev–Trinajstić information content (AvgIpc) is 3.04. The second kappa shape index (κ2) is 7.09. The molecule has 0 radical (unpaired) electrons. The van der Waals surface area contributed by atoms with Crippen molar-refractivity contribution in [1.82, 2.24) is 14.5 Å². The number of nitro benzene ring substituents is 1. The van der Waals surface area contributed by atoms with Crippen molar-refractivity contribution < 1.29 is 4.92 Å². The van der Waals surface area contributed by atoms with E-state index in [9.17, 15) is 10.1 Å². The van der Waals surface area contributed by atoms with Gasteiger partial charge in [-0.15, -0.1) is 0 Å². The predicted octanol–water partition coefficient (Wildman–Crippen LogP) is 3.79. The molecule has 26 heavy (non-hydrogen) atoms. The molecular formula is C20H20N4O2. The molecule has 0 aliphatic carbocycles. The molecule has 0 spiro atoms. The van der Waals surface area contributed by atoms with Gasteiger partial charge in [0, 0.05) is 56.1 Å². The SMILES string of the molecule is O=[N+]([O-])c1cccc(C2c3cccn3CCCN2Cc2cccnc2)c1. The van der Waals surface area contributed by atoms with Crippen LogP contribution in [0.5, 0.6) is 0 Å². The van der Waals surface area contributed by atoms with Gasteiger partial charge in [-0.3, -0.25) is 20.0 Å². The minimum atomic E-state index is -0.329. The van der Waals surface area contributed by atoms with Gasteiger partial charge in [-0.1, -0.05) is 18.2 Å². The van der Waals surface area contributed by atoms with E-state index in [1.54, 1.807) is 24.4 Å². The van der Waals surface area contributed by atoms with E-state index >= 15 is 0 Å². The van der Waals surface area contributed by atoms with Crippen LogP contribution >= 0.6 is 0 Å². The molecule has 1 aromatic carbocycles. The summed E-state index contributed by atoms with van der Waals surface area (Å²) in [5.41, 5.74) is 3.39. The first kappa shape index (κ1) is 16.5. The molecule has 3 aromatic rings. The number of hydrogen-bond acceptors (Lipinski definition) is 4. The predicted molar refractivity (Wildman–Crippen MR) is 98.6 cm³/mol. The van der Waals surface area contributed by atoms with Gasteiger partial charge in [0.2, 0.25) is 0 Å². The van der Waals surface area contributed by atoms with Crippen LogP contribution in [-0.2, 0) is 13.1 Å². The first-order valence-electron chi connectivity index (χ1n) is 8.75. The van der Waals surface area contributed by atoms with Crippen LogP contribution in [0, 0.1) is 10.1 Å². The zero-order valence-electron chi connectivity index (χ0n) is 14.4. The standard InChI is InChI=1S/C20H20N4O2/c25-24(26)18-7-1-6-17(13-18)20-19-8-3-10-22(19)11-4-12-23(20)15-16-5-2-9-21-14-16/h1-3,5-10,13-14,20H,4,11-12,15H2. The topological polar surface area (TPSA) is 64.2 Å². The summed E-state index contributed by atoms with van der Waals surface area (Å²) in [6.45, 7) is 2.63. The average molecular weight is 348 g/mol. The summed E-state index contributed by atoms with van der Waals surface area (Å²) in [5.74, 6) is 0. The van der Waals surface area contributed by atoms with Gasteiger partial charge in [0.15, 0.2) is 0 Å². The van der Waals surface area contributed by atoms with Crippen LogP contribution in [-0.4, -0.2) is 25.9 Å². The zero-order valence-corrected chi connectivity index (χ0v) is 14.4. The van der Waals surface area contributed by atoms with Crippen molar-refractivity contribution in [2.45, 2.75) is 25.6 Å². The smallest absolute Gasteiger partial charge is 0.269 e. The number of rotatable bonds is 4. The van der Waals surface area contributed by atoms with Crippen molar-refractivity contribution in [1.29, 1.82) is 0 Å². The highest BCUT2D eigenvalue weighted by Crippen LogP contribution is 2.34. The molecule has 0 amide bonds. The van der Waals surface area contributed by atoms with E-state index in [0.29, 0.717) is 0 Å². The summed E-state index contributed by atoms with van der Waals surface area (Å²) >= 11 is 0. The minimum Gasteiger partial charge on any atom is -0.350 e. The van der Waals surface area contributed by atoms with Crippen molar-refractivity contribution in [3.8, 4) is 0 Å². The van der Waals surface area contributed by atoms with E-state index in [1.165, 1.54) is 5.69 Å². The summed E-state index contributed by atoms with van der Waals surface area (Å²) in [6, 6.07) is 15.2. The first-order valence-corrected chi connectivity index (χ1v) is 8.75. The molecule has 0 fully saturated rings. The fourth-order valence-electron chi connectivity index (χ4n) is 3.73. The third-order valence-electron chi connectivity index (χ3n) is 4.86. The molecule has 6 heteroatoms. The lowest BCUT2D eigenvalue weighted by atomic mass is 10.0. The fourth-order valence-corrected chi connectivity index (χ4v) is 3.73. The van der Waals surface area contributed by atoms with Crippen LogP contribution < -0.4 is 0 Å². The maximum absolute atomic E-state index is 11.3. The van der Waals surface area contributed by atoms with Crippen LogP contribution in [0.25, 0.3) is 0 Å². The molecule has 1 aliphatic heterocycles. The number of non-ortho nitro benzene ring substituents is 1. The van der Waals surface area contributed by atoms with Gasteiger partial charge in [0.05, 0.1) is 11.0 Å². The first-order chi connectivity index (χ1) is 12.7. The number of nitro groups is 1. The van der Waals surface area contributed by atoms with Gasteiger partial charge < -0.3 is 4.57 Å². The Balaban J connectivity index is 1.77. The summed E-state index contributed by atoms with van der Waals surface area (Å²) in [7, 11) is 0. The van der Waals surface area contributed by atoms with E-state index in [2.05, 4.69) is 32.8 Å². The van der Waals surface area contributed by atoms with Gasteiger partial charge in [-0.05, 0) is 35.7 Å². The Bertz CT molecular complexity index is 907. The number of aryl methyl sites for hydroxylation is 1. The molecule has 0 saturated heterocycles. The highest BCUT2D eigenvalue weighted by atomic mass is 16.6. The van der Waals surface area contributed by atoms with Crippen LogP contribution in [0.2, 0.25) is 0 Å². The third-order valence-corrected chi connectivity index (χ3v) is 4.86. The van der Waals surface area contributed by atoms with E-state index in [1.807, 2.05) is 24.4 Å². The number of hydrogen-bond donors (Lipinski definition) is 0. The summed E-state index contributed by atoms with van der Waals surface area (Å²) < 4.78 is 2.26. The molecule has 0 N–H and O–H groups in total. The Morgan fingerprint density at radius 3 is 2.88 bits per heavy atom. The number of pyridine rings is 1. The number of benzene rings is 1. The van der Waals surface area contributed by atoms with Crippen molar-refractivity contribution >= 4 is 5.69 Å². The van der Waals surface area contributed by atoms with Crippen molar-refractivity contribution in [2.75, 3.05) is 6.54 Å². The third kappa shape index (κ3) is 3.23. The summed E-state index contributed by atoms with van der Waals surface area (Å²) in [4.78, 5) is 17.5. The number of fused-ring (bicyclic) bond motifs is 1. The van der Waals surface area contributed by atoms with Crippen LogP contribution in [0.3, 0.4) is 0 Å². The second-order valence-corrected chi connectivity index (χ2v) is 6.57. The van der Waals surface area contributed by atoms with E-state index in [-0.39, 0.29) is 16.7 Å². The molecule has 6 nitrogen and oxygen atoms in total. The molecule has 1 atom stereocenters. The molecule has 132 valence electrons. The van der Waals surface area contributed by atoms with Crippen molar-refractivity contribution in [3.63, 3.8) is 0 Å². The zero-order chi connectivity index (χ0) is 17.9. The van der Waals surface area contributed by atoms with E-state index in [4.69, 9.17) is 0 Å². The van der Waals surface area contributed by atoms with E-state index < -0.39 is 0 Å². The minimum absolute atomic E-state index is 0.0207. The molecule has 1 aliphatic rings. The highest BCUT2D eigenvalue weighted by molar-refractivity contribution is 5.39. The van der Waals surface area contributed by atoms with Gasteiger partial charge >= 0.3 is 0 Å². The monoisotopic (exact) mass is 348 g/mol. The number of nitrogens with zero attached hydrogens (tertiary/aromatic N) is 4. The van der Waals surface area contributed by atoms with Gasteiger partial charge in [0.25, 0.3) is 5.69 Å².